The molecule has 0 saturated carbocycles. The summed E-state index contributed by atoms with van der Waals surface area (Å²) in [7, 11) is 1.54. The van der Waals surface area contributed by atoms with Gasteiger partial charge in [-0.25, -0.2) is 0 Å². The Morgan fingerprint density at radius 1 is 1.10 bits per heavy atom. The van der Waals surface area contributed by atoms with Crippen LogP contribution in [0.4, 0.5) is 0 Å². The molecule has 0 aromatic heterocycles. The number of fused-ring (bicyclic) bond motifs is 2. The fourth-order valence-electron chi connectivity index (χ4n) is 2.70. The molecule has 1 saturated heterocycles. The predicted molar refractivity (Wildman–Crippen MR) is 70.9 cm³/mol. The maximum Gasteiger partial charge on any atom is 0.272 e. The first-order valence-corrected chi connectivity index (χ1v) is 6.40. The van der Waals surface area contributed by atoms with E-state index in [-0.39, 0.29) is 5.78 Å². The van der Waals surface area contributed by atoms with Crippen LogP contribution < -0.4 is 9.47 Å². The summed E-state index contributed by atoms with van der Waals surface area (Å²) in [5, 5.41) is 0. The van der Waals surface area contributed by atoms with Crippen LogP contribution in [0.25, 0.3) is 0 Å². The lowest BCUT2D eigenvalue weighted by molar-refractivity contribution is 0.0568. The van der Waals surface area contributed by atoms with E-state index in [9.17, 15) is 4.79 Å². The molecule has 20 heavy (non-hydrogen) atoms. The molecule has 0 bridgehead atoms. The molecule has 2 aliphatic rings. The van der Waals surface area contributed by atoms with Crippen molar-refractivity contribution in [3.63, 3.8) is 0 Å². The minimum absolute atomic E-state index is 0.0902. The standard InChI is InChI=1S/C16H12O4/c1-18-11-8-5-9-12-13(11)14(17)15-16(19-12,20-15)10-6-3-2-4-7-10/h2-9,15H,1H3. The third-order valence-corrected chi connectivity index (χ3v) is 3.71. The van der Waals surface area contributed by atoms with Crippen molar-refractivity contribution >= 4 is 5.78 Å². The second-order valence-electron chi connectivity index (χ2n) is 4.83. The van der Waals surface area contributed by atoms with Crippen molar-refractivity contribution < 1.29 is 19.0 Å². The molecule has 2 aromatic rings. The van der Waals surface area contributed by atoms with Crippen LogP contribution in [0.1, 0.15) is 15.9 Å². The summed E-state index contributed by atoms with van der Waals surface area (Å²) in [5.41, 5.74) is 1.32. The first kappa shape index (κ1) is 11.5. The lowest BCUT2D eigenvalue weighted by atomic mass is 9.96. The van der Waals surface area contributed by atoms with Crippen molar-refractivity contribution in [1.29, 1.82) is 0 Å². The van der Waals surface area contributed by atoms with E-state index >= 15 is 0 Å². The Morgan fingerprint density at radius 3 is 2.65 bits per heavy atom. The third kappa shape index (κ3) is 1.37. The Hall–Kier alpha value is -2.33. The number of benzene rings is 2. The van der Waals surface area contributed by atoms with Gasteiger partial charge in [0.2, 0.25) is 5.78 Å². The summed E-state index contributed by atoms with van der Waals surface area (Å²) in [6.07, 6.45) is -0.589. The molecule has 4 nitrogen and oxygen atoms in total. The highest BCUT2D eigenvalue weighted by molar-refractivity contribution is 6.07. The number of methoxy groups -OCH3 is 1. The number of hydrogen-bond donors (Lipinski definition) is 0. The van der Waals surface area contributed by atoms with Gasteiger partial charge in [0.15, 0.2) is 6.10 Å². The average molecular weight is 268 g/mol. The first-order valence-electron chi connectivity index (χ1n) is 6.40. The van der Waals surface area contributed by atoms with E-state index in [1.807, 2.05) is 30.3 Å². The Labute approximate surface area is 115 Å². The van der Waals surface area contributed by atoms with Gasteiger partial charge in [-0.1, -0.05) is 36.4 Å². The lowest BCUT2D eigenvalue weighted by Crippen LogP contribution is -2.31. The Kier molecular flexibility index (Phi) is 2.20. The number of carbonyl (C=O) groups excluding carboxylic acids is 1. The smallest absolute Gasteiger partial charge is 0.272 e. The summed E-state index contributed by atoms with van der Waals surface area (Å²) in [6, 6.07) is 14.8. The van der Waals surface area contributed by atoms with Crippen LogP contribution in [0.5, 0.6) is 11.5 Å². The lowest BCUT2D eigenvalue weighted by Gasteiger charge is -2.22. The molecule has 2 aliphatic heterocycles. The van der Waals surface area contributed by atoms with Crippen LogP contribution in [0.2, 0.25) is 0 Å². The SMILES string of the molecule is COc1cccc2c1C(=O)C1OC1(c1ccccc1)O2. The zero-order valence-electron chi connectivity index (χ0n) is 10.8. The molecule has 0 aliphatic carbocycles. The highest BCUT2D eigenvalue weighted by atomic mass is 16.8. The van der Waals surface area contributed by atoms with Crippen molar-refractivity contribution in [3.8, 4) is 11.5 Å². The van der Waals surface area contributed by atoms with E-state index in [1.165, 1.54) is 7.11 Å². The Morgan fingerprint density at radius 2 is 1.90 bits per heavy atom. The van der Waals surface area contributed by atoms with Gasteiger partial charge in [-0.3, -0.25) is 4.79 Å². The number of ketones is 1. The van der Waals surface area contributed by atoms with Crippen LogP contribution >= 0.6 is 0 Å². The van der Waals surface area contributed by atoms with Gasteiger partial charge >= 0.3 is 0 Å². The van der Waals surface area contributed by atoms with E-state index in [2.05, 4.69) is 0 Å². The number of hydrogen-bond acceptors (Lipinski definition) is 4. The van der Waals surface area contributed by atoms with Crippen LogP contribution in [-0.4, -0.2) is 19.0 Å². The van der Waals surface area contributed by atoms with Crippen molar-refractivity contribution in [2.45, 2.75) is 11.9 Å². The van der Waals surface area contributed by atoms with Gasteiger partial charge in [0, 0.05) is 5.56 Å². The summed E-state index contributed by atoms with van der Waals surface area (Å²) >= 11 is 0. The van der Waals surface area contributed by atoms with E-state index in [1.54, 1.807) is 18.2 Å². The van der Waals surface area contributed by atoms with Gasteiger partial charge in [-0.2, -0.15) is 0 Å². The van der Waals surface area contributed by atoms with E-state index in [0.717, 1.165) is 5.56 Å². The molecule has 4 rings (SSSR count). The summed E-state index contributed by atoms with van der Waals surface area (Å²) in [6.45, 7) is 0. The normalized spacial score (nSPS) is 26.2. The molecular formula is C16H12O4. The van der Waals surface area contributed by atoms with E-state index in [0.29, 0.717) is 17.1 Å². The molecule has 0 spiro atoms. The summed E-state index contributed by atoms with van der Waals surface area (Å²) in [4.78, 5) is 12.5. The molecule has 2 unspecified atom stereocenters. The Bertz CT molecular complexity index is 695. The van der Waals surface area contributed by atoms with Crippen molar-refractivity contribution in [2.24, 2.45) is 0 Å². The largest absolute Gasteiger partial charge is 0.496 e. The summed E-state index contributed by atoms with van der Waals surface area (Å²) in [5.74, 6) is -0.0262. The van der Waals surface area contributed by atoms with E-state index < -0.39 is 11.9 Å². The van der Waals surface area contributed by atoms with Gasteiger partial charge < -0.3 is 14.2 Å². The molecule has 100 valence electrons. The third-order valence-electron chi connectivity index (χ3n) is 3.71. The second kappa shape index (κ2) is 3.84. The maximum absolute atomic E-state index is 12.5. The first-order chi connectivity index (χ1) is 9.76. The molecule has 2 heterocycles. The van der Waals surface area contributed by atoms with Crippen molar-refractivity contribution in [2.75, 3.05) is 7.11 Å². The monoisotopic (exact) mass is 268 g/mol. The number of Topliss-reactive ketones (excluding diaryl/α,β-unsaturated/α-hetero) is 1. The number of rotatable bonds is 2. The average Bonchev–Trinajstić information content (AvgIpc) is 3.24. The number of ether oxygens (including phenoxy) is 3. The zero-order valence-corrected chi connectivity index (χ0v) is 10.8. The molecular weight excluding hydrogens is 256 g/mol. The highest BCUT2D eigenvalue weighted by Gasteiger charge is 2.68. The van der Waals surface area contributed by atoms with Gasteiger partial charge in [0.05, 0.1) is 7.11 Å². The molecule has 2 aromatic carbocycles. The van der Waals surface area contributed by atoms with Crippen molar-refractivity contribution in [1.82, 2.24) is 0 Å². The minimum atomic E-state index is -0.961. The minimum Gasteiger partial charge on any atom is -0.496 e. The van der Waals surface area contributed by atoms with Crippen LogP contribution in [0.15, 0.2) is 48.5 Å². The molecule has 0 radical (unpaired) electrons. The Balaban J connectivity index is 1.83. The zero-order chi connectivity index (χ0) is 13.7. The predicted octanol–water partition coefficient (Wildman–Crippen LogP) is 2.52. The molecule has 4 heteroatoms. The fraction of sp³-hybridized carbons (Fsp3) is 0.188. The van der Waals surface area contributed by atoms with E-state index in [4.69, 9.17) is 14.2 Å². The van der Waals surface area contributed by atoms with Crippen LogP contribution in [0, 0.1) is 0 Å². The van der Waals surface area contributed by atoms with Gasteiger partial charge in [-0.05, 0) is 12.1 Å². The van der Waals surface area contributed by atoms with Gasteiger partial charge in [0.1, 0.15) is 17.1 Å². The van der Waals surface area contributed by atoms with Gasteiger partial charge in [-0.15, -0.1) is 0 Å². The number of epoxide rings is 1. The quantitative estimate of drug-likeness (QED) is 0.785. The molecule has 0 N–H and O–H groups in total. The van der Waals surface area contributed by atoms with Crippen LogP contribution in [-0.2, 0) is 10.5 Å². The van der Waals surface area contributed by atoms with Crippen molar-refractivity contribution in [3.05, 3.63) is 59.7 Å². The molecule has 0 amide bonds. The molecule has 1 fully saturated rings. The summed E-state index contributed by atoms with van der Waals surface area (Å²) < 4.78 is 16.8. The number of carbonyl (C=O) groups is 1. The van der Waals surface area contributed by atoms with Crippen LogP contribution in [0.3, 0.4) is 0 Å². The second-order valence-corrected chi connectivity index (χ2v) is 4.83. The van der Waals surface area contributed by atoms with Gasteiger partial charge in [0.25, 0.3) is 5.79 Å². The highest BCUT2D eigenvalue weighted by Crippen LogP contribution is 2.54. The fourth-order valence-corrected chi connectivity index (χ4v) is 2.70. The maximum atomic E-state index is 12.5. The molecule has 2 atom stereocenters. The topological polar surface area (TPSA) is 48.1 Å².